The average Bonchev–Trinajstić information content (AvgIpc) is 2.47. The summed E-state index contributed by atoms with van der Waals surface area (Å²) in [4.78, 5) is 21.8. The van der Waals surface area contributed by atoms with Gasteiger partial charge in [-0.1, -0.05) is 0 Å². The summed E-state index contributed by atoms with van der Waals surface area (Å²) in [7, 11) is 7.55. The topological polar surface area (TPSA) is 51.7 Å². The van der Waals surface area contributed by atoms with Crippen LogP contribution in [0.4, 0.5) is 16.3 Å². The highest BCUT2D eigenvalue weighted by molar-refractivity contribution is 5.73. The number of rotatable bonds is 3. The number of nitrogens with one attached hydrogen (secondary N) is 1. The van der Waals surface area contributed by atoms with Gasteiger partial charge in [-0.05, 0) is 25.0 Å². The summed E-state index contributed by atoms with van der Waals surface area (Å²) in [6, 6.07) is 4.57. The van der Waals surface area contributed by atoms with Gasteiger partial charge in [0.1, 0.15) is 5.82 Å². The second kappa shape index (κ2) is 6.65. The second-order valence-electron chi connectivity index (χ2n) is 5.88. The molecule has 0 atom stereocenters. The van der Waals surface area contributed by atoms with E-state index in [9.17, 15) is 4.79 Å². The average molecular weight is 291 g/mol. The highest BCUT2D eigenvalue weighted by atomic mass is 16.2. The lowest BCUT2D eigenvalue weighted by Gasteiger charge is -2.34. The van der Waals surface area contributed by atoms with Gasteiger partial charge in [-0.3, -0.25) is 0 Å². The molecule has 1 N–H and O–H groups in total. The van der Waals surface area contributed by atoms with E-state index in [0.717, 1.165) is 37.4 Å². The van der Waals surface area contributed by atoms with Crippen LogP contribution in [-0.4, -0.2) is 68.1 Å². The fraction of sp³-hybridized carbons (Fsp3) is 0.600. The van der Waals surface area contributed by atoms with Crippen molar-refractivity contribution in [2.45, 2.75) is 18.9 Å². The number of carbonyl (C=O) groups is 1. The molecule has 0 aromatic carbocycles. The second-order valence-corrected chi connectivity index (χ2v) is 5.88. The van der Waals surface area contributed by atoms with Crippen LogP contribution < -0.4 is 10.2 Å². The molecule has 2 amide bonds. The van der Waals surface area contributed by atoms with Crippen molar-refractivity contribution < 1.29 is 4.79 Å². The summed E-state index contributed by atoms with van der Waals surface area (Å²) in [6.45, 7) is 1.61. The van der Waals surface area contributed by atoms with Gasteiger partial charge in [0.05, 0.1) is 11.9 Å². The summed E-state index contributed by atoms with van der Waals surface area (Å²) in [5.41, 5.74) is 1.04. The summed E-state index contributed by atoms with van der Waals surface area (Å²) in [5.74, 6) is 0.951. The normalized spacial score (nSPS) is 15.7. The number of hydrogen-bond acceptors (Lipinski definition) is 4. The molecule has 6 heteroatoms. The van der Waals surface area contributed by atoms with Crippen LogP contribution in [0.1, 0.15) is 12.8 Å². The molecule has 2 rings (SSSR count). The molecular weight excluding hydrogens is 266 g/mol. The van der Waals surface area contributed by atoms with Gasteiger partial charge in [0.25, 0.3) is 0 Å². The number of anilines is 2. The van der Waals surface area contributed by atoms with Crippen LogP contribution >= 0.6 is 0 Å². The number of pyridine rings is 1. The molecule has 1 aliphatic rings. The first-order chi connectivity index (χ1) is 9.97. The molecule has 0 bridgehead atoms. The molecule has 0 aliphatic carbocycles. The van der Waals surface area contributed by atoms with Crippen molar-refractivity contribution in [3.63, 3.8) is 0 Å². The Hall–Kier alpha value is -1.98. The zero-order valence-corrected chi connectivity index (χ0v) is 13.3. The Balaban J connectivity index is 1.84. The Labute approximate surface area is 126 Å². The van der Waals surface area contributed by atoms with E-state index in [1.807, 2.05) is 36.2 Å². The van der Waals surface area contributed by atoms with Crippen molar-refractivity contribution in [3.05, 3.63) is 18.3 Å². The number of nitrogens with zero attached hydrogens (tertiary/aromatic N) is 4. The Bertz CT molecular complexity index is 463. The molecule has 1 aliphatic heterocycles. The van der Waals surface area contributed by atoms with Gasteiger partial charge < -0.3 is 20.0 Å². The van der Waals surface area contributed by atoms with E-state index in [1.165, 1.54) is 0 Å². The summed E-state index contributed by atoms with van der Waals surface area (Å²) < 4.78 is 0. The fourth-order valence-corrected chi connectivity index (χ4v) is 2.47. The van der Waals surface area contributed by atoms with Crippen LogP contribution in [0.5, 0.6) is 0 Å². The molecule has 6 nitrogen and oxygen atoms in total. The van der Waals surface area contributed by atoms with Gasteiger partial charge in [0.15, 0.2) is 0 Å². The summed E-state index contributed by atoms with van der Waals surface area (Å²) in [6.07, 6.45) is 3.80. The van der Waals surface area contributed by atoms with Gasteiger partial charge in [-0.25, -0.2) is 9.78 Å². The number of hydrogen-bond donors (Lipinski definition) is 1. The largest absolute Gasteiger partial charge is 0.381 e. The number of aromatic nitrogens is 1. The first kappa shape index (κ1) is 15.4. The van der Waals surface area contributed by atoms with Crippen molar-refractivity contribution in [1.29, 1.82) is 0 Å². The predicted molar refractivity (Wildman–Crippen MR) is 85.9 cm³/mol. The lowest BCUT2D eigenvalue weighted by molar-refractivity contribution is 0.158. The van der Waals surface area contributed by atoms with Crippen LogP contribution in [0.25, 0.3) is 0 Å². The van der Waals surface area contributed by atoms with E-state index in [1.54, 1.807) is 19.0 Å². The Morgan fingerprint density at radius 1 is 1.24 bits per heavy atom. The zero-order chi connectivity index (χ0) is 15.4. The Kier molecular flexibility index (Phi) is 4.88. The van der Waals surface area contributed by atoms with Crippen molar-refractivity contribution in [3.8, 4) is 0 Å². The molecule has 116 valence electrons. The van der Waals surface area contributed by atoms with E-state index in [0.29, 0.717) is 6.04 Å². The van der Waals surface area contributed by atoms with Crippen LogP contribution in [0.15, 0.2) is 18.3 Å². The maximum Gasteiger partial charge on any atom is 0.319 e. The van der Waals surface area contributed by atoms with E-state index in [-0.39, 0.29) is 6.03 Å². The van der Waals surface area contributed by atoms with Crippen LogP contribution in [0, 0.1) is 0 Å². The smallest absolute Gasteiger partial charge is 0.319 e. The van der Waals surface area contributed by atoms with Crippen LogP contribution in [0.3, 0.4) is 0 Å². The maximum absolute atomic E-state index is 11.9. The summed E-state index contributed by atoms with van der Waals surface area (Å²) in [5, 5.41) is 3.50. The molecule has 1 saturated heterocycles. The minimum atomic E-state index is 0.102. The van der Waals surface area contributed by atoms with Crippen molar-refractivity contribution in [1.82, 2.24) is 14.8 Å². The van der Waals surface area contributed by atoms with Gasteiger partial charge in [-0.15, -0.1) is 0 Å². The lowest BCUT2D eigenvalue weighted by atomic mass is 10.1. The standard InChI is InChI=1S/C15H25N5O/c1-18(2)14-6-5-13(11-16-14)17-12-7-9-20(10-8-12)15(21)19(3)4/h5-6,11-12,17H,7-10H2,1-4H3. The van der Waals surface area contributed by atoms with E-state index < -0.39 is 0 Å². The summed E-state index contributed by atoms with van der Waals surface area (Å²) >= 11 is 0. The number of likely N-dealkylation sites (tertiary alicyclic amines) is 1. The third-order valence-corrected chi connectivity index (χ3v) is 3.72. The molecule has 2 heterocycles. The molecule has 1 fully saturated rings. The quantitative estimate of drug-likeness (QED) is 0.921. The molecule has 0 radical (unpaired) electrons. The maximum atomic E-state index is 11.9. The SMILES string of the molecule is CN(C)C(=O)N1CCC(Nc2ccc(N(C)C)nc2)CC1. The van der Waals surface area contributed by atoms with Crippen LogP contribution in [-0.2, 0) is 0 Å². The molecule has 0 spiro atoms. The van der Waals surface area contributed by atoms with Gasteiger partial charge in [0, 0.05) is 47.3 Å². The highest BCUT2D eigenvalue weighted by Gasteiger charge is 2.23. The molecule has 0 saturated carbocycles. The Morgan fingerprint density at radius 3 is 2.38 bits per heavy atom. The Morgan fingerprint density at radius 2 is 1.90 bits per heavy atom. The number of piperidine rings is 1. The van der Waals surface area contributed by atoms with Gasteiger partial charge in [0.2, 0.25) is 0 Å². The minimum Gasteiger partial charge on any atom is -0.381 e. The van der Waals surface area contributed by atoms with Gasteiger partial charge >= 0.3 is 6.03 Å². The minimum absolute atomic E-state index is 0.102. The third-order valence-electron chi connectivity index (χ3n) is 3.72. The van der Waals surface area contributed by atoms with Crippen molar-refractivity contribution >= 4 is 17.5 Å². The predicted octanol–water partition coefficient (Wildman–Crippen LogP) is 1.71. The number of urea groups is 1. The van der Waals surface area contributed by atoms with Crippen molar-refractivity contribution in [2.24, 2.45) is 0 Å². The number of carbonyl (C=O) groups excluding carboxylic acids is 1. The molecule has 0 unspecified atom stereocenters. The first-order valence-electron chi connectivity index (χ1n) is 7.33. The third kappa shape index (κ3) is 4.00. The zero-order valence-electron chi connectivity index (χ0n) is 13.3. The number of amides is 2. The van der Waals surface area contributed by atoms with Gasteiger partial charge in [-0.2, -0.15) is 0 Å². The fourth-order valence-electron chi connectivity index (χ4n) is 2.47. The molecule has 1 aromatic rings. The highest BCUT2D eigenvalue weighted by Crippen LogP contribution is 2.18. The first-order valence-corrected chi connectivity index (χ1v) is 7.33. The monoisotopic (exact) mass is 291 g/mol. The van der Waals surface area contributed by atoms with Crippen LogP contribution in [0.2, 0.25) is 0 Å². The molecule has 21 heavy (non-hydrogen) atoms. The van der Waals surface area contributed by atoms with E-state index >= 15 is 0 Å². The molecule has 1 aromatic heterocycles. The van der Waals surface area contributed by atoms with E-state index in [2.05, 4.69) is 16.4 Å². The van der Waals surface area contributed by atoms with Crippen molar-refractivity contribution in [2.75, 3.05) is 51.5 Å². The van der Waals surface area contributed by atoms with E-state index in [4.69, 9.17) is 0 Å². The lowest BCUT2D eigenvalue weighted by Crippen LogP contribution is -2.46. The molecular formula is C15H25N5O.